The zero-order valence-corrected chi connectivity index (χ0v) is 14.5. The maximum absolute atomic E-state index is 12.1. The standard InChI is InChI=1S/C18H15ClN2O2S/c1-11(22)13-4-2-12(3-5-13)10-16-17(23)21-18(24-16)20-15-8-6-14(19)7-9-15/h2-9,16H,10H2,1H3,(H,20,21,23). The van der Waals surface area contributed by atoms with Crippen LogP contribution in [0.3, 0.4) is 0 Å². The molecule has 1 heterocycles. The number of hydrogen-bond donors (Lipinski definition) is 1. The number of Topliss-reactive ketones (excluding diaryl/α,β-unsaturated/α-hetero) is 1. The lowest BCUT2D eigenvalue weighted by Gasteiger charge is -2.06. The molecule has 122 valence electrons. The minimum absolute atomic E-state index is 0.0342. The zero-order chi connectivity index (χ0) is 17.1. The van der Waals surface area contributed by atoms with Gasteiger partial charge in [-0.25, -0.2) is 4.99 Å². The summed E-state index contributed by atoms with van der Waals surface area (Å²) in [7, 11) is 0. The highest BCUT2D eigenvalue weighted by molar-refractivity contribution is 8.15. The van der Waals surface area contributed by atoms with Gasteiger partial charge < -0.3 is 5.32 Å². The Balaban J connectivity index is 1.68. The molecule has 3 rings (SSSR count). The van der Waals surface area contributed by atoms with E-state index in [1.54, 1.807) is 36.4 Å². The van der Waals surface area contributed by atoms with Crippen molar-refractivity contribution >= 4 is 45.9 Å². The largest absolute Gasteiger partial charge is 0.304 e. The van der Waals surface area contributed by atoms with Crippen molar-refractivity contribution in [2.45, 2.75) is 18.6 Å². The van der Waals surface area contributed by atoms with Gasteiger partial charge in [0.2, 0.25) is 5.91 Å². The third kappa shape index (κ3) is 4.04. The number of thioether (sulfide) groups is 1. The van der Waals surface area contributed by atoms with Gasteiger partial charge >= 0.3 is 0 Å². The van der Waals surface area contributed by atoms with E-state index >= 15 is 0 Å². The lowest BCUT2D eigenvalue weighted by Crippen LogP contribution is -2.25. The summed E-state index contributed by atoms with van der Waals surface area (Å²) in [5, 5.41) is 3.82. The third-order valence-electron chi connectivity index (χ3n) is 3.62. The molecule has 1 aliphatic rings. The molecule has 24 heavy (non-hydrogen) atoms. The number of aliphatic imine (C=N–C) groups is 1. The zero-order valence-electron chi connectivity index (χ0n) is 13.0. The molecule has 1 aliphatic heterocycles. The number of amides is 1. The summed E-state index contributed by atoms with van der Waals surface area (Å²) in [5.41, 5.74) is 2.43. The maximum atomic E-state index is 12.1. The fourth-order valence-corrected chi connectivity index (χ4v) is 3.47. The number of nitrogens with one attached hydrogen (secondary N) is 1. The van der Waals surface area contributed by atoms with Gasteiger partial charge in [-0.05, 0) is 43.2 Å². The predicted molar refractivity (Wildman–Crippen MR) is 98.2 cm³/mol. The van der Waals surface area contributed by atoms with Crippen LogP contribution < -0.4 is 5.32 Å². The minimum atomic E-state index is -0.223. The van der Waals surface area contributed by atoms with E-state index in [2.05, 4.69) is 10.3 Å². The second-order valence-corrected chi connectivity index (χ2v) is 7.07. The van der Waals surface area contributed by atoms with E-state index in [1.165, 1.54) is 18.7 Å². The van der Waals surface area contributed by atoms with Crippen LogP contribution >= 0.6 is 23.4 Å². The Hall–Kier alpha value is -2.11. The summed E-state index contributed by atoms with van der Waals surface area (Å²) in [6.07, 6.45) is 0.592. The van der Waals surface area contributed by atoms with Gasteiger partial charge in [0.1, 0.15) is 0 Å². The van der Waals surface area contributed by atoms with Gasteiger partial charge in [-0.2, -0.15) is 0 Å². The van der Waals surface area contributed by atoms with Crippen molar-refractivity contribution in [3.63, 3.8) is 0 Å². The summed E-state index contributed by atoms with van der Waals surface area (Å²) >= 11 is 7.26. The first-order chi connectivity index (χ1) is 11.5. The number of halogens is 1. The number of carbonyl (C=O) groups excluding carboxylic acids is 2. The van der Waals surface area contributed by atoms with Crippen molar-refractivity contribution in [3.8, 4) is 0 Å². The van der Waals surface area contributed by atoms with Crippen LogP contribution in [0.25, 0.3) is 0 Å². The van der Waals surface area contributed by atoms with E-state index in [4.69, 9.17) is 11.6 Å². The van der Waals surface area contributed by atoms with E-state index in [-0.39, 0.29) is 16.9 Å². The molecule has 0 spiro atoms. The number of ketones is 1. The van der Waals surface area contributed by atoms with Crippen LogP contribution in [0.2, 0.25) is 5.02 Å². The summed E-state index contributed by atoms with van der Waals surface area (Å²) in [6, 6.07) is 14.5. The Morgan fingerprint density at radius 3 is 2.46 bits per heavy atom. The van der Waals surface area contributed by atoms with Crippen molar-refractivity contribution < 1.29 is 9.59 Å². The van der Waals surface area contributed by atoms with Crippen molar-refractivity contribution in [1.29, 1.82) is 0 Å². The lowest BCUT2D eigenvalue weighted by molar-refractivity contribution is -0.118. The first kappa shape index (κ1) is 16.7. The van der Waals surface area contributed by atoms with Crippen LogP contribution in [-0.2, 0) is 11.2 Å². The van der Waals surface area contributed by atoms with Gasteiger partial charge in [-0.1, -0.05) is 47.6 Å². The molecule has 1 saturated heterocycles. The van der Waals surface area contributed by atoms with Crippen LogP contribution in [0.4, 0.5) is 5.69 Å². The first-order valence-corrected chi connectivity index (χ1v) is 8.69. The van der Waals surface area contributed by atoms with Crippen LogP contribution in [0.5, 0.6) is 0 Å². The van der Waals surface area contributed by atoms with Gasteiger partial charge in [0.25, 0.3) is 0 Å². The second kappa shape index (κ2) is 7.20. The summed E-state index contributed by atoms with van der Waals surface area (Å²) in [4.78, 5) is 27.8. The van der Waals surface area contributed by atoms with Crippen molar-refractivity contribution in [1.82, 2.24) is 5.32 Å². The number of nitrogens with zero attached hydrogens (tertiary/aromatic N) is 1. The Kier molecular flexibility index (Phi) is 5.02. The predicted octanol–water partition coefficient (Wildman–Crippen LogP) is 4.00. The molecule has 0 radical (unpaired) electrons. The van der Waals surface area contributed by atoms with Gasteiger partial charge in [0, 0.05) is 10.6 Å². The molecule has 1 N–H and O–H groups in total. The number of carbonyl (C=O) groups is 2. The maximum Gasteiger partial charge on any atom is 0.239 e. The quantitative estimate of drug-likeness (QED) is 0.840. The SMILES string of the molecule is CC(=O)c1ccc(CC2SC(=Nc3ccc(Cl)cc3)NC2=O)cc1. The van der Waals surface area contributed by atoms with Crippen LogP contribution in [0, 0.1) is 0 Å². The molecule has 0 bridgehead atoms. The molecule has 6 heteroatoms. The van der Waals surface area contributed by atoms with Crippen LogP contribution in [-0.4, -0.2) is 22.1 Å². The van der Waals surface area contributed by atoms with Gasteiger partial charge in [-0.3, -0.25) is 9.59 Å². The number of benzene rings is 2. The highest BCUT2D eigenvalue weighted by atomic mass is 35.5. The summed E-state index contributed by atoms with van der Waals surface area (Å²) < 4.78 is 0. The summed E-state index contributed by atoms with van der Waals surface area (Å²) in [5.74, 6) is -0.0183. The van der Waals surface area contributed by atoms with Crippen molar-refractivity contribution in [2.75, 3.05) is 0 Å². The highest BCUT2D eigenvalue weighted by Crippen LogP contribution is 2.26. The summed E-state index contributed by atoms with van der Waals surface area (Å²) in [6.45, 7) is 1.54. The Bertz CT molecular complexity index is 801. The molecule has 2 aromatic carbocycles. The van der Waals surface area contributed by atoms with E-state index < -0.39 is 0 Å². The van der Waals surface area contributed by atoms with E-state index in [9.17, 15) is 9.59 Å². The second-order valence-electron chi connectivity index (χ2n) is 5.45. The van der Waals surface area contributed by atoms with Crippen LogP contribution in [0.1, 0.15) is 22.8 Å². The number of rotatable bonds is 4. The van der Waals surface area contributed by atoms with Crippen molar-refractivity contribution in [3.05, 3.63) is 64.7 Å². The molecular weight excluding hydrogens is 344 g/mol. The molecule has 4 nitrogen and oxygen atoms in total. The van der Waals surface area contributed by atoms with Crippen molar-refractivity contribution in [2.24, 2.45) is 4.99 Å². The molecule has 1 unspecified atom stereocenters. The Labute approximate surface area is 149 Å². The Morgan fingerprint density at radius 2 is 1.83 bits per heavy atom. The van der Waals surface area contributed by atoms with E-state index in [0.717, 1.165) is 11.3 Å². The molecule has 0 aromatic heterocycles. The Morgan fingerprint density at radius 1 is 1.17 bits per heavy atom. The normalized spacial score (nSPS) is 18.7. The van der Waals surface area contributed by atoms with Crippen LogP contribution in [0.15, 0.2) is 53.5 Å². The molecule has 2 aromatic rings. The fourth-order valence-electron chi connectivity index (χ4n) is 2.31. The van der Waals surface area contributed by atoms with Gasteiger partial charge in [0.15, 0.2) is 11.0 Å². The number of hydrogen-bond acceptors (Lipinski definition) is 4. The van der Waals surface area contributed by atoms with E-state index in [1.807, 2.05) is 12.1 Å². The topological polar surface area (TPSA) is 58.5 Å². The molecule has 0 aliphatic carbocycles. The molecule has 1 fully saturated rings. The third-order valence-corrected chi connectivity index (χ3v) is 4.95. The smallest absolute Gasteiger partial charge is 0.239 e. The molecule has 0 saturated carbocycles. The average Bonchev–Trinajstić information content (AvgIpc) is 2.89. The average molecular weight is 359 g/mol. The monoisotopic (exact) mass is 358 g/mol. The lowest BCUT2D eigenvalue weighted by atomic mass is 10.1. The van der Waals surface area contributed by atoms with Gasteiger partial charge in [-0.15, -0.1) is 0 Å². The molecule has 1 amide bonds. The minimum Gasteiger partial charge on any atom is -0.304 e. The first-order valence-electron chi connectivity index (χ1n) is 7.43. The molecule has 1 atom stereocenters. The number of amidine groups is 1. The highest BCUT2D eigenvalue weighted by Gasteiger charge is 2.30. The van der Waals surface area contributed by atoms with E-state index in [0.29, 0.717) is 22.2 Å². The fraction of sp³-hybridized carbons (Fsp3) is 0.167. The molecular formula is C18H15ClN2O2S. The van der Waals surface area contributed by atoms with Gasteiger partial charge in [0.05, 0.1) is 10.9 Å².